The monoisotopic (exact) mass is 268 g/mol. The zero-order valence-electron chi connectivity index (χ0n) is 10.7. The van der Waals surface area contributed by atoms with Gasteiger partial charge in [0.25, 0.3) is 0 Å². The second-order valence-corrected chi connectivity index (χ2v) is 4.93. The smallest absolute Gasteiger partial charge is 0.182 e. The molecule has 0 saturated carbocycles. The molecule has 0 aliphatic heterocycles. The number of hydroxylamine groups is 2. The zero-order chi connectivity index (χ0) is 13.0. The van der Waals surface area contributed by atoms with Gasteiger partial charge in [-0.3, -0.25) is 0 Å². The molecule has 0 aromatic heterocycles. The van der Waals surface area contributed by atoms with Crippen LogP contribution in [0.4, 0.5) is 0 Å². The van der Waals surface area contributed by atoms with Gasteiger partial charge in [0.15, 0.2) is 0 Å². The summed E-state index contributed by atoms with van der Waals surface area (Å²) in [7, 11) is -3.98. The fourth-order valence-electron chi connectivity index (χ4n) is 1.14. The van der Waals surface area contributed by atoms with Gasteiger partial charge in [0, 0.05) is 13.1 Å². The van der Waals surface area contributed by atoms with E-state index in [2.05, 4.69) is 33.4 Å². The predicted octanol–water partition coefficient (Wildman–Crippen LogP) is 1.65. The summed E-state index contributed by atoms with van der Waals surface area (Å²) in [6.45, 7) is 5.13. The fraction of sp³-hybridized carbons (Fsp3) is 1.00. The Kier molecular flexibility index (Phi) is 10.8. The predicted molar refractivity (Wildman–Crippen MR) is 66.1 cm³/mol. The highest BCUT2D eigenvalue weighted by Gasteiger charge is 2.11. The van der Waals surface area contributed by atoms with Crippen LogP contribution in [-0.2, 0) is 19.0 Å². The molecule has 0 bridgehead atoms. The van der Waals surface area contributed by atoms with Crippen molar-refractivity contribution in [3.8, 4) is 0 Å². The second-order valence-electron chi connectivity index (χ2n) is 3.78. The van der Waals surface area contributed by atoms with Gasteiger partial charge in [0.1, 0.15) is 0 Å². The van der Waals surface area contributed by atoms with E-state index in [0.29, 0.717) is 13.1 Å². The van der Waals surface area contributed by atoms with Crippen molar-refractivity contribution in [2.45, 2.75) is 52.4 Å². The van der Waals surface area contributed by atoms with Crippen LogP contribution in [0.15, 0.2) is 0 Å². The van der Waals surface area contributed by atoms with E-state index in [1.54, 1.807) is 0 Å². The van der Waals surface area contributed by atoms with Crippen molar-refractivity contribution in [3.63, 3.8) is 0 Å². The summed E-state index contributed by atoms with van der Waals surface area (Å²) >= 11 is 0. The van der Waals surface area contributed by atoms with Crippen LogP contribution in [0.3, 0.4) is 0 Å². The minimum atomic E-state index is -3.98. The van der Waals surface area contributed by atoms with E-state index in [4.69, 9.17) is 0 Å². The first-order valence-electron chi connectivity index (χ1n) is 6.20. The minimum Gasteiger partial charge on any atom is -0.182 e. The van der Waals surface area contributed by atoms with Crippen LogP contribution in [0.1, 0.15) is 52.4 Å². The van der Waals surface area contributed by atoms with Crippen LogP contribution >= 0.6 is 0 Å². The summed E-state index contributed by atoms with van der Waals surface area (Å²) in [5, 5.41) is 0. The normalized spacial score (nSPS) is 11.9. The third-order valence-electron chi connectivity index (χ3n) is 2.09. The summed E-state index contributed by atoms with van der Waals surface area (Å²) in [4.78, 5) is 0. The first kappa shape index (κ1) is 16.8. The molecule has 2 N–H and O–H groups in total. The second kappa shape index (κ2) is 10.9. The average Bonchev–Trinajstić information content (AvgIpc) is 2.28. The molecule has 0 radical (unpaired) electrons. The van der Waals surface area contributed by atoms with E-state index in [1.807, 2.05) is 0 Å². The summed E-state index contributed by atoms with van der Waals surface area (Å²) < 4.78 is 31.1. The molecule has 0 amide bonds. The first-order chi connectivity index (χ1) is 8.12. The number of nitrogens with one attached hydrogen (secondary N) is 2. The Bertz CT molecular complexity index is 237. The zero-order valence-corrected chi connectivity index (χ0v) is 11.5. The van der Waals surface area contributed by atoms with Gasteiger partial charge in [-0.15, -0.1) is 0 Å². The Morgan fingerprint density at radius 1 is 0.824 bits per heavy atom. The maximum absolute atomic E-state index is 11.1. The number of hydrogen-bond acceptors (Lipinski definition) is 6. The van der Waals surface area contributed by atoms with E-state index >= 15 is 0 Å². The summed E-state index contributed by atoms with van der Waals surface area (Å²) in [5.74, 6) is 0. The van der Waals surface area contributed by atoms with Crippen LogP contribution in [0.2, 0.25) is 0 Å². The SMILES string of the molecule is CCCCCNOS(=O)(=O)ONCCCCC. The lowest BCUT2D eigenvalue weighted by Crippen LogP contribution is -2.28. The number of rotatable bonds is 12. The molecule has 0 aromatic carbocycles. The van der Waals surface area contributed by atoms with Crippen molar-refractivity contribution in [1.82, 2.24) is 11.0 Å². The molecule has 0 aliphatic rings. The lowest BCUT2D eigenvalue weighted by molar-refractivity contribution is 0.110. The van der Waals surface area contributed by atoms with Gasteiger partial charge in [0.2, 0.25) is 0 Å². The molecule has 7 heteroatoms. The van der Waals surface area contributed by atoms with Crippen molar-refractivity contribution in [2.24, 2.45) is 0 Å². The molecule has 0 fully saturated rings. The van der Waals surface area contributed by atoms with E-state index in [1.165, 1.54) is 0 Å². The van der Waals surface area contributed by atoms with Crippen molar-refractivity contribution in [2.75, 3.05) is 13.1 Å². The van der Waals surface area contributed by atoms with Crippen LogP contribution < -0.4 is 11.0 Å². The molecule has 0 spiro atoms. The van der Waals surface area contributed by atoms with Gasteiger partial charge < -0.3 is 0 Å². The van der Waals surface area contributed by atoms with Crippen LogP contribution in [0.5, 0.6) is 0 Å². The van der Waals surface area contributed by atoms with Gasteiger partial charge in [0.05, 0.1) is 0 Å². The molecule has 17 heavy (non-hydrogen) atoms. The van der Waals surface area contributed by atoms with Gasteiger partial charge in [-0.05, 0) is 12.8 Å². The molecule has 0 unspecified atom stereocenters. The summed E-state index contributed by atoms with van der Waals surface area (Å²) in [6, 6.07) is 0. The Morgan fingerprint density at radius 3 is 1.59 bits per heavy atom. The van der Waals surface area contributed by atoms with Crippen molar-refractivity contribution >= 4 is 10.4 Å². The van der Waals surface area contributed by atoms with Crippen LogP contribution in [0, 0.1) is 0 Å². The van der Waals surface area contributed by atoms with Gasteiger partial charge in [-0.1, -0.05) is 39.5 Å². The largest absolute Gasteiger partial charge is 0.432 e. The average molecular weight is 268 g/mol. The molecule has 0 rings (SSSR count). The minimum absolute atomic E-state index is 0.492. The molecule has 104 valence electrons. The molecule has 0 saturated heterocycles. The van der Waals surface area contributed by atoms with E-state index in [-0.39, 0.29) is 0 Å². The van der Waals surface area contributed by atoms with E-state index in [0.717, 1.165) is 38.5 Å². The Balaban J connectivity index is 3.46. The van der Waals surface area contributed by atoms with Crippen molar-refractivity contribution < 1.29 is 17.0 Å². The maximum atomic E-state index is 11.1. The topological polar surface area (TPSA) is 76.7 Å². The molecular formula is C10H24N2O4S. The van der Waals surface area contributed by atoms with Gasteiger partial charge >= 0.3 is 10.4 Å². The van der Waals surface area contributed by atoms with Crippen molar-refractivity contribution in [3.05, 3.63) is 0 Å². The van der Waals surface area contributed by atoms with E-state index < -0.39 is 10.4 Å². The molecule has 6 nitrogen and oxygen atoms in total. The molecule has 0 aromatic rings. The molecule has 0 aliphatic carbocycles. The van der Waals surface area contributed by atoms with Gasteiger partial charge in [-0.25, -0.2) is 0 Å². The third kappa shape index (κ3) is 12.0. The highest BCUT2D eigenvalue weighted by Crippen LogP contribution is 1.95. The van der Waals surface area contributed by atoms with E-state index in [9.17, 15) is 8.42 Å². The Hall–Kier alpha value is -0.210. The lowest BCUT2D eigenvalue weighted by Gasteiger charge is -2.06. The van der Waals surface area contributed by atoms with Crippen LogP contribution in [0.25, 0.3) is 0 Å². The standard InChI is InChI=1S/C10H24N2O4S/c1-3-5-7-9-11-15-17(13,14)16-12-10-8-6-4-2/h11-12H,3-10H2,1-2H3. The highest BCUT2D eigenvalue weighted by molar-refractivity contribution is 7.81. The van der Waals surface area contributed by atoms with Crippen LogP contribution in [-0.4, -0.2) is 21.5 Å². The quantitative estimate of drug-likeness (QED) is 0.414. The maximum Gasteiger partial charge on any atom is 0.432 e. The summed E-state index contributed by atoms with van der Waals surface area (Å²) in [6.07, 6.45) is 5.96. The fourth-order valence-corrected chi connectivity index (χ4v) is 1.63. The molecular weight excluding hydrogens is 244 g/mol. The first-order valence-corrected chi connectivity index (χ1v) is 7.53. The summed E-state index contributed by atoms with van der Waals surface area (Å²) in [5.41, 5.74) is 4.72. The number of hydrogen-bond donors (Lipinski definition) is 2. The highest BCUT2D eigenvalue weighted by atomic mass is 32.3. The van der Waals surface area contributed by atoms with Crippen molar-refractivity contribution in [1.29, 1.82) is 0 Å². The van der Waals surface area contributed by atoms with Gasteiger partial charge in [-0.2, -0.15) is 27.9 Å². The Morgan fingerprint density at radius 2 is 1.24 bits per heavy atom. The molecule has 0 atom stereocenters. The molecule has 0 heterocycles. The Labute approximate surface area is 104 Å². The number of unbranched alkanes of at least 4 members (excludes halogenated alkanes) is 4. The third-order valence-corrected chi connectivity index (χ3v) is 2.73. The lowest BCUT2D eigenvalue weighted by atomic mass is 10.3.